The number of H-pyrrole nitrogens is 1. The van der Waals surface area contributed by atoms with E-state index < -0.39 is 0 Å². The van der Waals surface area contributed by atoms with Gasteiger partial charge in [-0.3, -0.25) is 0 Å². The number of aromatic amines is 1. The molecule has 0 aliphatic carbocycles. The number of hydrogen-bond acceptors (Lipinski definition) is 2. The smallest absolute Gasteiger partial charge is 0.139 e. The van der Waals surface area contributed by atoms with Crippen molar-refractivity contribution in [2.24, 2.45) is 0 Å². The molecule has 0 amide bonds. The van der Waals surface area contributed by atoms with Gasteiger partial charge in [0.05, 0.1) is 27.8 Å². The second-order valence-corrected chi connectivity index (χ2v) is 18.5. The highest BCUT2D eigenvalue weighted by atomic mass is 16.3. The van der Waals surface area contributed by atoms with E-state index >= 15 is 0 Å². The van der Waals surface area contributed by atoms with E-state index in [4.69, 9.17) is 4.42 Å². The number of aromatic nitrogens is 2. The average molecular weight is 868 g/mol. The zero-order valence-corrected chi connectivity index (χ0v) is 36.9. The lowest BCUT2D eigenvalue weighted by atomic mass is 9.84. The van der Waals surface area contributed by atoms with Crippen LogP contribution in [0.1, 0.15) is 22.6 Å². The molecule has 4 heteroatoms. The van der Waals surface area contributed by atoms with Crippen molar-refractivity contribution < 1.29 is 4.42 Å². The minimum Gasteiger partial charge on any atom is -0.456 e. The number of benzene rings is 11. The average Bonchev–Trinajstić information content (AvgIpc) is 4.15. The number of para-hydroxylation sites is 6. The van der Waals surface area contributed by atoms with Gasteiger partial charge in [-0.25, -0.2) is 0 Å². The number of hydrogen-bond donors (Lipinski definition) is 1. The zero-order chi connectivity index (χ0) is 44.5. The van der Waals surface area contributed by atoms with Gasteiger partial charge in [0.25, 0.3) is 0 Å². The molecule has 4 heterocycles. The highest BCUT2D eigenvalue weighted by molar-refractivity contribution is 6.26. The van der Waals surface area contributed by atoms with Gasteiger partial charge < -0.3 is 18.7 Å². The molecule has 1 unspecified atom stereocenters. The summed E-state index contributed by atoms with van der Waals surface area (Å²) >= 11 is 0. The van der Waals surface area contributed by atoms with Gasteiger partial charge in [-0.1, -0.05) is 158 Å². The van der Waals surface area contributed by atoms with Gasteiger partial charge in [0.15, 0.2) is 0 Å². The van der Waals surface area contributed by atoms with Gasteiger partial charge >= 0.3 is 0 Å². The topological polar surface area (TPSA) is 36.6 Å². The monoisotopic (exact) mass is 867 g/mol. The van der Waals surface area contributed by atoms with Crippen molar-refractivity contribution in [3.8, 4) is 0 Å². The fourth-order valence-electron chi connectivity index (χ4n) is 11.7. The Kier molecular flexibility index (Phi) is 7.87. The van der Waals surface area contributed by atoms with Gasteiger partial charge in [-0.05, 0) is 106 Å². The van der Waals surface area contributed by atoms with Crippen LogP contribution in [0.3, 0.4) is 0 Å². The predicted molar refractivity (Wildman–Crippen MR) is 286 cm³/mol. The van der Waals surface area contributed by atoms with Crippen LogP contribution in [0.25, 0.3) is 103 Å². The zero-order valence-electron chi connectivity index (χ0n) is 36.9. The maximum absolute atomic E-state index is 6.63. The van der Waals surface area contributed by atoms with Crippen LogP contribution in [0.2, 0.25) is 0 Å². The summed E-state index contributed by atoms with van der Waals surface area (Å²) in [6.07, 6.45) is 0.840. The largest absolute Gasteiger partial charge is 0.456 e. The van der Waals surface area contributed by atoms with Crippen molar-refractivity contribution >= 4 is 120 Å². The number of fused-ring (bicyclic) bond motifs is 14. The van der Waals surface area contributed by atoms with Gasteiger partial charge in [0, 0.05) is 71.5 Å². The molecule has 0 saturated carbocycles. The molecule has 0 spiro atoms. The van der Waals surface area contributed by atoms with Crippen molar-refractivity contribution in [3.05, 3.63) is 241 Å². The summed E-state index contributed by atoms with van der Waals surface area (Å²) in [6, 6.07) is 82.4. The molecule has 4 aromatic heterocycles. The molecule has 0 saturated heterocycles. The van der Waals surface area contributed by atoms with Crippen LogP contribution in [0.15, 0.2) is 229 Å². The number of nitrogens with zero attached hydrogens (tertiary/aromatic N) is 2. The quantitative estimate of drug-likeness (QED) is 0.173. The minimum atomic E-state index is 0.107. The summed E-state index contributed by atoms with van der Waals surface area (Å²) in [5, 5.41) is 14.8. The van der Waals surface area contributed by atoms with Gasteiger partial charge in [-0.15, -0.1) is 0 Å². The van der Waals surface area contributed by atoms with Crippen LogP contribution in [0.5, 0.6) is 0 Å². The molecule has 11 aromatic carbocycles. The second kappa shape index (κ2) is 14.3. The molecule has 0 bridgehead atoms. The standard InChI is InChI=1S/C64H41N3O/c1-3-14-40(15-4-1)54(53-24-12-23-52-48-19-8-10-27-61(48)68-64(52)53)33-39-28-29-41-35-55-50-21-11-22-51-56-36-42-30-31-46(34-44(42)38-60(56)67(63(50)51)59(55)37-43(41)32-39)66(45-16-5-2-6-17-45)58-26-13-20-49-47-18-7-9-25-57(47)65-62(49)58/h1-32,34-38,54,65H,33H2. The van der Waals surface area contributed by atoms with Crippen molar-refractivity contribution in [2.45, 2.75) is 12.3 Å². The Morgan fingerprint density at radius 2 is 1.07 bits per heavy atom. The van der Waals surface area contributed by atoms with E-state index in [1.165, 1.54) is 92.5 Å². The molecule has 0 aliphatic heterocycles. The molecule has 1 atom stereocenters. The van der Waals surface area contributed by atoms with Crippen molar-refractivity contribution in [1.82, 2.24) is 9.38 Å². The van der Waals surface area contributed by atoms with Crippen molar-refractivity contribution in [1.29, 1.82) is 0 Å². The van der Waals surface area contributed by atoms with E-state index in [9.17, 15) is 0 Å². The summed E-state index contributed by atoms with van der Waals surface area (Å²) in [6.45, 7) is 0. The van der Waals surface area contributed by atoms with E-state index in [1.54, 1.807) is 0 Å². The van der Waals surface area contributed by atoms with Crippen LogP contribution in [0, 0.1) is 0 Å². The van der Waals surface area contributed by atoms with E-state index in [-0.39, 0.29) is 5.92 Å². The number of nitrogens with one attached hydrogen (secondary N) is 1. The first-order valence-electron chi connectivity index (χ1n) is 23.6. The molecule has 0 fully saturated rings. The normalized spacial score (nSPS) is 12.7. The highest BCUT2D eigenvalue weighted by Gasteiger charge is 2.24. The third-order valence-corrected chi connectivity index (χ3v) is 14.8. The van der Waals surface area contributed by atoms with Crippen LogP contribution < -0.4 is 4.90 Å². The lowest BCUT2D eigenvalue weighted by Gasteiger charge is -2.26. The lowest BCUT2D eigenvalue weighted by Crippen LogP contribution is -2.10. The van der Waals surface area contributed by atoms with Crippen LogP contribution >= 0.6 is 0 Å². The summed E-state index contributed by atoms with van der Waals surface area (Å²) < 4.78 is 9.17. The Labute approximate surface area is 390 Å². The molecule has 15 rings (SSSR count). The van der Waals surface area contributed by atoms with E-state index in [0.29, 0.717) is 0 Å². The SMILES string of the molecule is c1ccc(C(Cc2ccc3cc4c5cccc6c7cc8ccc(N(c9ccccc9)c9cccc%10c9[nH]c9ccccc9%10)cc8cc7n(c4cc3c2)c56)c2cccc3c2oc2ccccc23)cc1. The maximum atomic E-state index is 6.63. The first-order valence-corrected chi connectivity index (χ1v) is 23.6. The summed E-state index contributed by atoms with van der Waals surface area (Å²) in [5.74, 6) is 0.107. The van der Waals surface area contributed by atoms with Gasteiger partial charge in [0.2, 0.25) is 0 Å². The Morgan fingerprint density at radius 1 is 0.441 bits per heavy atom. The molecular formula is C64H41N3O. The first-order chi connectivity index (χ1) is 33.7. The third kappa shape index (κ3) is 5.49. The molecule has 1 N–H and O–H groups in total. The van der Waals surface area contributed by atoms with Crippen LogP contribution in [0.4, 0.5) is 17.1 Å². The Morgan fingerprint density at radius 3 is 1.88 bits per heavy atom. The van der Waals surface area contributed by atoms with E-state index in [1.807, 2.05) is 0 Å². The molecule has 68 heavy (non-hydrogen) atoms. The van der Waals surface area contributed by atoms with Gasteiger partial charge in [0.1, 0.15) is 11.2 Å². The molecule has 0 radical (unpaired) electrons. The third-order valence-electron chi connectivity index (χ3n) is 14.8. The van der Waals surface area contributed by atoms with Gasteiger partial charge in [-0.2, -0.15) is 0 Å². The number of anilines is 3. The summed E-state index contributed by atoms with van der Waals surface area (Å²) in [7, 11) is 0. The number of rotatable bonds is 7. The van der Waals surface area contributed by atoms with Crippen LogP contribution in [-0.2, 0) is 6.42 Å². The maximum Gasteiger partial charge on any atom is 0.139 e. The molecule has 318 valence electrons. The molecule has 15 aromatic rings. The minimum absolute atomic E-state index is 0.107. The Hall–Kier alpha value is -8.86. The fourth-order valence-corrected chi connectivity index (χ4v) is 11.7. The highest BCUT2D eigenvalue weighted by Crippen LogP contribution is 2.45. The molecular weight excluding hydrogens is 827 g/mol. The first kappa shape index (κ1) is 37.4. The van der Waals surface area contributed by atoms with Crippen molar-refractivity contribution in [3.63, 3.8) is 0 Å². The van der Waals surface area contributed by atoms with Crippen LogP contribution in [-0.4, -0.2) is 9.38 Å². The lowest BCUT2D eigenvalue weighted by molar-refractivity contribution is 0.655. The fraction of sp³-hybridized carbons (Fsp3) is 0.0312. The molecule has 4 nitrogen and oxygen atoms in total. The Balaban J connectivity index is 0.893. The predicted octanol–water partition coefficient (Wildman–Crippen LogP) is 17.5. The summed E-state index contributed by atoms with van der Waals surface area (Å²) in [4.78, 5) is 6.17. The number of furan rings is 1. The second-order valence-electron chi connectivity index (χ2n) is 18.5. The Bertz CT molecular complexity index is 4480. The molecule has 0 aliphatic rings. The summed E-state index contributed by atoms with van der Waals surface area (Å²) in [5.41, 5.74) is 15.0. The van der Waals surface area contributed by atoms with E-state index in [2.05, 4.69) is 239 Å². The van der Waals surface area contributed by atoms with Crippen molar-refractivity contribution in [2.75, 3.05) is 4.90 Å². The van der Waals surface area contributed by atoms with E-state index in [0.717, 1.165) is 51.1 Å².